The van der Waals surface area contributed by atoms with E-state index in [-0.39, 0.29) is 17.9 Å². The first-order valence-corrected chi connectivity index (χ1v) is 5.62. The van der Waals surface area contributed by atoms with Gasteiger partial charge in [0, 0.05) is 12.2 Å². The van der Waals surface area contributed by atoms with Crippen LogP contribution in [0, 0.1) is 17.2 Å². The zero-order chi connectivity index (χ0) is 12.3. The van der Waals surface area contributed by atoms with Gasteiger partial charge in [-0.3, -0.25) is 4.79 Å². The molecule has 0 radical (unpaired) electrons. The predicted octanol–water partition coefficient (Wildman–Crippen LogP) is 1.02. The number of nitrogens with one attached hydrogen (secondary N) is 1. The van der Waals surface area contributed by atoms with Gasteiger partial charge in [-0.25, -0.2) is 4.98 Å². The second-order valence-corrected chi connectivity index (χ2v) is 4.23. The second kappa shape index (κ2) is 4.83. The SMILES string of the molecule is N#Cc1ccc(N[C@@H]2CCC[C@H]2C(N)=O)nc1. The maximum absolute atomic E-state index is 11.2. The molecule has 1 amide bonds. The Morgan fingerprint density at radius 1 is 1.53 bits per heavy atom. The number of primary amides is 1. The van der Waals surface area contributed by atoms with E-state index in [0.29, 0.717) is 11.4 Å². The molecule has 1 aromatic rings. The molecular formula is C12H14N4O. The standard InChI is InChI=1S/C12H14N4O/c13-6-8-4-5-11(15-7-8)16-10-3-1-2-9(10)12(14)17/h4-5,7,9-10H,1-3H2,(H2,14,17)(H,15,16)/t9-,10-/m1/s1. The Bertz CT molecular complexity index is 449. The first-order chi connectivity index (χ1) is 8.20. The van der Waals surface area contributed by atoms with Crippen molar-refractivity contribution < 1.29 is 4.79 Å². The summed E-state index contributed by atoms with van der Waals surface area (Å²) in [5.41, 5.74) is 5.87. The van der Waals surface area contributed by atoms with Gasteiger partial charge in [-0.1, -0.05) is 6.42 Å². The van der Waals surface area contributed by atoms with E-state index in [2.05, 4.69) is 10.3 Å². The Hall–Kier alpha value is -2.09. The lowest BCUT2D eigenvalue weighted by Crippen LogP contribution is -2.34. The fourth-order valence-electron chi connectivity index (χ4n) is 2.21. The summed E-state index contributed by atoms with van der Waals surface area (Å²) in [6, 6.07) is 5.52. The van der Waals surface area contributed by atoms with E-state index in [1.165, 1.54) is 6.20 Å². The number of carbonyl (C=O) groups excluding carboxylic acids is 1. The van der Waals surface area contributed by atoms with Gasteiger partial charge < -0.3 is 11.1 Å². The molecule has 3 N–H and O–H groups in total. The Labute approximate surface area is 99.6 Å². The van der Waals surface area contributed by atoms with Crippen LogP contribution >= 0.6 is 0 Å². The molecule has 1 fully saturated rings. The van der Waals surface area contributed by atoms with Crippen molar-refractivity contribution in [3.8, 4) is 6.07 Å². The first kappa shape index (κ1) is 11.4. The van der Waals surface area contributed by atoms with Crippen molar-refractivity contribution in [1.82, 2.24) is 4.98 Å². The van der Waals surface area contributed by atoms with E-state index >= 15 is 0 Å². The van der Waals surface area contributed by atoms with E-state index in [4.69, 9.17) is 11.0 Å². The third kappa shape index (κ3) is 2.53. The summed E-state index contributed by atoms with van der Waals surface area (Å²) in [5, 5.41) is 11.9. The van der Waals surface area contributed by atoms with Crippen LogP contribution in [0.5, 0.6) is 0 Å². The van der Waals surface area contributed by atoms with Crippen molar-refractivity contribution in [2.45, 2.75) is 25.3 Å². The van der Waals surface area contributed by atoms with E-state index < -0.39 is 0 Å². The molecule has 1 aliphatic carbocycles. The number of hydrogen-bond acceptors (Lipinski definition) is 4. The van der Waals surface area contributed by atoms with Crippen molar-refractivity contribution in [2.75, 3.05) is 5.32 Å². The van der Waals surface area contributed by atoms with E-state index in [1.807, 2.05) is 6.07 Å². The largest absolute Gasteiger partial charge is 0.369 e. The number of amides is 1. The number of nitrogens with two attached hydrogens (primary N) is 1. The average Bonchev–Trinajstić information content (AvgIpc) is 2.78. The van der Waals surface area contributed by atoms with Crippen molar-refractivity contribution in [3.05, 3.63) is 23.9 Å². The topological polar surface area (TPSA) is 91.8 Å². The van der Waals surface area contributed by atoms with Crippen LogP contribution in [0.4, 0.5) is 5.82 Å². The van der Waals surface area contributed by atoms with E-state index in [0.717, 1.165) is 19.3 Å². The van der Waals surface area contributed by atoms with Crippen LogP contribution in [0.25, 0.3) is 0 Å². The third-order valence-electron chi connectivity index (χ3n) is 3.11. The summed E-state index contributed by atoms with van der Waals surface area (Å²) in [6.45, 7) is 0. The zero-order valence-electron chi connectivity index (χ0n) is 9.39. The van der Waals surface area contributed by atoms with Gasteiger partial charge in [0.15, 0.2) is 0 Å². The molecular weight excluding hydrogens is 216 g/mol. The summed E-state index contributed by atoms with van der Waals surface area (Å²) in [5.74, 6) is 0.309. The molecule has 2 atom stereocenters. The van der Waals surface area contributed by atoms with Gasteiger partial charge in [0.2, 0.25) is 5.91 Å². The maximum Gasteiger partial charge on any atom is 0.222 e. The Kier molecular flexibility index (Phi) is 3.24. The molecule has 1 heterocycles. The molecule has 17 heavy (non-hydrogen) atoms. The lowest BCUT2D eigenvalue weighted by Gasteiger charge is -2.18. The number of anilines is 1. The number of aromatic nitrogens is 1. The highest BCUT2D eigenvalue weighted by atomic mass is 16.1. The monoisotopic (exact) mass is 230 g/mol. The molecule has 88 valence electrons. The lowest BCUT2D eigenvalue weighted by molar-refractivity contribution is -0.121. The number of pyridine rings is 1. The second-order valence-electron chi connectivity index (χ2n) is 4.23. The number of carbonyl (C=O) groups is 1. The quantitative estimate of drug-likeness (QED) is 0.810. The molecule has 0 aliphatic heterocycles. The molecule has 5 nitrogen and oxygen atoms in total. The van der Waals surface area contributed by atoms with Gasteiger partial charge in [-0.05, 0) is 25.0 Å². The molecule has 0 unspecified atom stereocenters. The van der Waals surface area contributed by atoms with Crippen LogP contribution in [0.1, 0.15) is 24.8 Å². The molecule has 2 rings (SSSR count). The minimum atomic E-state index is -0.256. The van der Waals surface area contributed by atoms with Crippen LogP contribution < -0.4 is 11.1 Å². The van der Waals surface area contributed by atoms with Crippen molar-refractivity contribution in [3.63, 3.8) is 0 Å². The molecule has 0 aromatic carbocycles. The summed E-state index contributed by atoms with van der Waals surface area (Å²) in [6.07, 6.45) is 4.27. The fraction of sp³-hybridized carbons (Fsp3) is 0.417. The molecule has 0 saturated heterocycles. The van der Waals surface area contributed by atoms with Crippen LogP contribution in [0.2, 0.25) is 0 Å². The highest BCUT2D eigenvalue weighted by molar-refractivity contribution is 5.78. The molecule has 5 heteroatoms. The average molecular weight is 230 g/mol. The van der Waals surface area contributed by atoms with Crippen LogP contribution in [0.15, 0.2) is 18.3 Å². The number of nitriles is 1. The van der Waals surface area contributed by atoms with Crippen molar-refractivity contribution >= 4 is 11.7 Å². The Balaban J connectivity index is 2.05. The molecule has 1 aromatic heterocycles. The number of hydrogen-bond donors (Lipinski definition) is 2. The molecule has 0 spiro atoms. The molecule has 1 saturated carbocycles. The molecule has 0 bridgehead atoms. The van der Waals surface area contributed by atoms with E-state index in [9.17, 15) is 4.79 Å². The number of rotatable bonds is 3. The zero-order valence-corrected chi connectivity index (χ0v) is 9.39. The normalized spacial score (nSPS) is 23.0. The third-order valence-corrected chi connectivity index (χ3v) is 3.11. The number of nitrogens with zero attached hydrogens (tertiary/aromatic N) is 2. The smallest absolute Gasteiger partial charge is 0.222 e. The maximum atomic E-state index is 11.2. The van der Waals surface area contributed by atoms with Gasteiger partial charge in [0.05, 0.1) is 11.5 Å². The lowest BCUT2D eigenvalue weighted by atomic mass is 10.0. The van der Waals surface area contributed by atoms with Gasteiger partial charge in [0.1, 0.15) is 11.9 Å². The van der Waals surface area contributed by atoms with Crippen molar-refractivity contribution in [1.29, 1.82) is 5.26 Å². The minimum absolute atomic E-state index is 0.0629. The highest BCUT2D eigenvalue weighted by Gasteiger charge is 2.31. The summed E-state index contributed by atoms with van der Waals surface area (Å²) < 4.78 is 0. The summed E-state index contributed by atoms with van der Waals surface area (Å²) in [4.78, 5) is 15.3. The highest BCUT2D eigenvalue weighted by Crippen LogP contribution is 2.27. The van der Waals surface area contributed by atoms with E-state index in [1.54, 1.807) is 12.1 Å². The van der Waals surface area contributed by atoms with Crippen LogP contribution in [-0.2, 0) is 4.79 Å². The Morgan fingerprint density at radius 3 is 2.94 bits per heavy atom. The Morgan fingerprint density at radius 2 is 2.35 bits per heavy atom. The van der Waals surface area contributed by atoms with Gasteiger partial charge in [-0.2, -0.15) is 5.26 Å². The van der Waals surface area contributed by atoms with Crippen LogP contribution in [-0.4, -0.2) is 16.9 Å². The minimum Gasteiger partial charge on any atom is -0.369 e. The van der Waals surface area contributed by atoms with Gasteiger partial charge in [0.25, 0.3) is 0 Å². The first-order valence-electron chi connectivity index (χ1n) is 5.62. The summed E-state index contributed by atoms with van der Waals surface area (Å²) >= 11 is 0. The fourth-order valence-corrected chi connectivity index (χ4v) is 2.21. The van der Waals surface area contributed by atoms with Gasteiger partial charge in [-0.15, -0.1) is 0 Å². The molecule has 1 aliphatic rings. The predicted molar refractivity (Wildman–Crippen MR) is 62.9 cm³/mol. The van der Waals surface area contributed by atoms with Crippen LogP contribution in [0.3, 0.4) is 0 Å². The van der Waals surface area contributed by atoms with Gasteiger partial charge >= 0.3 is 0 Å². The van der Waals surface area contributed by atoms with Crippen molar-refractivity contribution in [2.24, 2.45) is 11.7 Å². The summed E-state index contributed by atoms with van der Waals surface area (Å²) in [7, 11) is 0.